The molecule has 3 heterocycles. The van der Waals surface area contributed by atoms with E-state index in [4.69, 9.17) is 4.52 Å². The molecule has 2 aliphatic heterocycles. The zero-order valence-corrected chi connectivity index (χ0v) is 11.0. The molecule has 8 heteroatoms. The number of nitrogens with one attached hydrogen (secondary N) is 3. The topological polar surface area (TPSA) is 109 Å². The summed E-state index contributed by atoms with van der Waals surface area (Å²) in [5, 5.41) is 12.5. The SMILES string of the molecule is O=C1CCC(NC(=O)c2noc(C3CCCN3)n2)CN1. The number of rotatable bonds is 3. The highest BCUT2D eigenvalue weighted by Crippen LogP contribution is 2.21. The Balaban J connectivity index is 1.58. The van der Waals surface area contributed by atoms with Gasteiger partial charge < -0.3 is 20.5 Å². The molecule has 0 aromatic carbocycles. The molecule has 2 atom stereocenters. The number of amides is 2. The maximum Gasteiger partial charge on any atom is 0.292 e. The molecule has 1 aromatic heterocycles. The van der Waals surface area contributed by atoms with Crippen molar-refractivity contribution in [2.75, 3.05) is 13.1 Å². The van der Waals surface area contributed by atoms with E-state index in [-0.39, 0.29) is 29.7 Å². The lowest BCUT2D eigenvalue weighted by Gasteiger charge is -2.22. The summed E-state index contributed by atoms with van der Waals surface area (Å²) in [5.41, 5.74) is 0. The van der Waals surface area contributed by atoms with E-state index in [0.717, 1.165) is 19.4 Å². The van der Waals surface area contributed by atoms with Crippen LogP contribution in [0.5, 0.6) is 0 Å². The summed E-state index contributed by atoms with van der Waals surface area (Å²) in [6.45, 7) is 1.37. The van der Waals surface area contributed by atoms with Crippen LogP contribution in [0.1, 0.15) is 48.2 Å². The molecule has 3 N–H and O–H groups in total. The maximum atomic E-state index is 12.0. The van der Waals surface area contributed by atoms with Crippen LogP contribution < -0.4 is 16.0 Å². The van der Waals surface area contributed by atoms with E-state index in [1.54, 1.807) is 0 Å². The standard InChI is InChI=1S/C12H17N5O3/c18-9-4-3-7(6-14-9)15-11(19)10-16-12(20-17-10)8-2-1-5-13-8/h7-8,13H,1-6H2,(H,14,18)(H,15,19). The lowest BCUT2D eigenvalue weighted by molar-refractivity contribution is -0.122. The lowest BCUT2D eigenvalue weighted by atomic mass is 10.1. The van der Waals surface area contributed by atoms with Crippen LogP contribution in [-0.2, 0) is 4.79 Å². The van der Waals surface area contributed by atoms with Gasteiger partial charge in [-0.05, 0) is 25.8 Å². The van der Waals surface area contributed by atoms with Gasteiger partial charge in [-0.15, -0.1) is 0 Å². The molecular formula is C12H17N5O3. The molecule has 2 fully saturated rings. The van der Waals surface area contributed by atoms with E-state index in [9.17, 15) is 9.59 Å². The van der Waals surface area contributed by atoms with Crippen LogP contribution in [0.25, 0.3) is 0 Å². The van der Waals surface area contributed by atoms with Crippen molar-refractivity contribution in [2.45, 2.75) is 37.8 Å². The second kappa shape index (κ2) is 5.58. The number of hydrogen-bond acceptors (Lipinski definition) is 6. The zero-order chi connectivity index (χ0) is 13.9. The Morgan fingerprint density at radius 2 is 2.30 bits per heavy atom. The highest BCUT2D eigenvalue weighted by atomic mass is 16.5. The normalized spacial score (nSPS) is 26.3. The quantitative estimate of drug-likeness (QED) is 0.688. The first-order chi connectivity index (χ1) is 9.72. The number of nitrogens with zero attached hydrogens (tertiary/aromatic N) is 2. The van der Waals surface area contributed by atoms with Crippen LogP contribution in [-0.4, -0.2) is 41.1 Å². The van der Waals surface area contributed by atoms with Crippen molar-refractivity contribution in [1.82, 2.24) is 26.1 Å². The van der Waals surface area contributed by atoms with E-state index in [1.807, 2.05) is 0 Å². The second-order valence-electron chi connectivity index (χ2n) is 5.12. The summed E-state index contributed by atoms with van der Waals surface area (Å²) >= 11 is 0. The maximum absolute atomic E-state index is 12.0. The van der Waals surface area contributed by atoms with Crippen LogP contribution in [0, 0.1) is 0 Å². The molecule has 0 spiro atoms. The van der Waals surface area contributed by atoms with Gasteiger partial charge in [0.1, 0.15) is 0 Å². The summed E-state index contributed by atoms with van der Waals surface area (Å²) in [5.74, 6) is 0.166. The van der Waals surface area contributed by atoms with Crippen LogP contribution in [0.4, 0.5) is 0 Å². The fraction of sp³-hybridized carbons (Fsp3) is 0.667. The molecule has 0 bridgehead atoms. The minimum atomic E-state index is -0.362. The molecule has 0 saturated carbocycles. The largest absolute Gasteiger partial charge is 0.354 e. The zero-order valence-electron chi connectivity index (χ0n) is 11.0. The Hall–Kier alpha value is -1.96. The van der Waals surface area contributed by atoms with Gasteiger partial charge in [0.25, 0.3) is 11.7 Å². The van der Waals surface area contributed by atoms with Crippen molar-refractivity contribution in [3.8, 4) is 0 Å². The van der Waals surface area contributed by atoms with Crippen LogP contribution in [0.2, 0.25) is 0 Å². The van der Waals surface area contributed by atoms with Crippen molar-refractivity contribution in [3.63, 3.8) is 0 Å². The van der Waals surface area contributed by atoms with Gasteiger partial charge >= 0.3 is 0 Å². The predicted molar refractivity (Wildman–Crippen MR) is 67.8 cm³/mol. The van der Waals surface area contributed by atoms with Gasteiger partial charge in [-0.3, -0.25) is 9.59 Å². The molecule has 108 valence electrons. The molecule has 0 radical (unpaired) electrons. The third-order valence-corrected chi connectivity index (χ3v) is 3.60. The summed E-state index contributed by atoms with van der Waals surface area (Å²) < 4.78 is 5.12. The van der Waals surface area contributed by atoms with Crippen molar-refractivity contribution < 1.29 is 14.1 Å². The van der Waals surface area contributed by atoms with Crippen molar-refractivity contribution in [3.05, 3.63) is 11.7 Å². The Morgan fingerprint density at radius 3 is 3.00 bits per heavy atom. The fourth-order valence-corrected chi connectivity index (χ4v) is 2.47. The van der Waals surface area contributed by atoms with Gasteiger partial charge in [0, 0.05) is 19.0 Å². The van der Waals surface area contributed by atoms with Gasteiger partial charge in [0.05, 0.1) is 6.04 Å². The predicted octanol–water partition coefficient (Wildman–Crippen LogP) is -0.497. The van der Waals surface area contributed by atoms with Gasteiger partial charge in [0.2, 0.25) is 11.8 Å². The average molecular weight is 279 g/mol. The van der Waals surface area contributed by atoms with Crippen LogP contribution in [0.3, 0.4) is 0 Å². The third kappa shape index (κ3) is 2.79. The number of aromatic nitrogens is 2. The number of carbonyl (C=O) groups is 2. The monoisotopic (exact) mass is 279 g/mol. The summed E-state index contributed by atoms with van der Waals surface area (Å²) in [6, 6.07) is -0.0234. The van der Waals surface area contributed by atoms with E-state index < -0.39 is 0 Å². The first-order valence-electron chi connectivity index (χ1n) is 6.87. The molecule has 2 aliphatic rings. The smallest absolute Gasteiger partial charge is 0.292 e. The number of hydrogen-bond donors (Lipinski definition) is 3. The summed E-state index contributed by atoms with van der Waals surface area (Å²) in [7, 11) is 0. The molecule has 1 aromatic rings. The molecule has 2 amide bonds. The molecule has 8 nitrogen and oxygen atoms in total. The van der Waals surface area contributed by atoms with Gasteiger partial charge in [-0.25, -0.2) is 0 Å². The Labute approximate surface area is 115 Å². The molecule has 2 saturated heterocycles. The minimum absolute atomic E-state index is 0.0182. The first-order valence-corrected chi connectivity index (χ1v) is 6.87. The summed E-state index contributed by atoms with van der Waals surface area (Å²) in [6.07, 6.45) is 3.06. The molecule has 20 heavy (non-hydrogen) atoms. The van der Waals surface area contributed by atoms with Gasteiger partial charge in [-0.1, -0.05) is 5.16 Å². The second-order valence-corrected chi connectivity index (χ2v) is 5.12. The Bertz CT molecular complexity index is 499. The molecular weight excluding hydrogens is 262 g/mol. The Morgan fingerprint density at radius 1 is 1.40 bits per heavy atom. The van der Waals surface area contributed by atoms with Crippen LogP contribution in [0.15, 0.2) is 4.52 Å². The fourth-order valence-electron chi connectivity index (χ4n) is 2.47. The van der Waals surface area contributed by atoms with E-state index >= 15 is 0 Å². The average Bonchev–Trinajstić information content (AvgIpc) is 3.11. The number of piperidine rings is 1. The molecule has 0 aliphatic carbocycles. The first kappa shape index (κ1) is 13.0. The van der Waals surface area contributed by atoms with Crippen LogP contribution >= 0.6 is 0 Å². The van der Waals surface area contributed by atoms with Crippen molar-refractivity contribution in [2.24, 2.45) is 0 Å². The van der Waals surface area contributed by atoms with E-state index in [2.05, 4.69) is 26.1 Å². The third-order valence-electron chi connectivity index (χ3n) is 3.60. The Kier molecular flexibility index (Phi) is 3.64. The van der Waals surface area contributed by atoms with Gasteiger partial charge in [-0.2, -0.15) is 4.98 Å². The summed E-state index contributed by atoms with van der Waals surface area (Å²) in [4.78, 5) is 27.2. The molecule has 3 rings (SSSR count). The lowest BCUT2D eigenvalue weighted by Crippen LogP contribution is -2.47. The van der Waals surface area contributed by atoms with Crippen molar-refractivity contribution in [1.29, 1.82) is 0 Å². The van der Waals surface area contributed by atoms with E-state index in [1.165, 1.54) is 0 Å². The van der Waals surface area contributed by atoms with E-state index in [0.29, 0.717) is 25.3 Å². The minimum Gasteiger partial charge on any atom is -0.354 e. The highest BCUT2D eigenvalue weighted by Gasteiger charge is 2.26. The molecule has 2 unspecified atom stereocenters. The van der Waals surface area contributed by atoms with Gasteiger partial charge in [0.15, 0.2) is 0 Å². The highest BCUT2D eigenvalue weighted by molar-refractivity contribution is 5.90. The number of carbonyl (C=O) groups excluding carboxylic acids is 2. The van der Waals surface area contributed by atoms with Crippen molar-refractivity contribution >= 4 is 11.8 Å².